The van der Waals surface area contributed by atoms with E-state index < -0.39 is 5.92 Å². The lowest BCUT2D eigenvalue weighted by Gasteiger charge is -2.17. The van der Waals surface area contributed by atoms with Crippen molar-refractivity contribution in [3.8, 4) is 0 Å². The van der Waals surface area contributed by atoms with Gasteiger partial charge in [-0.1, -0.05) is 48.0 Å². The summed E-state index contributed by atoms with van der Waals surface area (Å²) in [4.78, 5) is 38.6. The van der Waals surface area contributed by atoms with Gasteiger partial charge in [0.2, 0.25) is 17.7 Å². The molecule has 29 heavy (non-hydrogen) atoms. The van der Waals surface area contributed by atoms with Gasteiger partial charge in [-0.15, -0.1) is 0 Å². The Kier molecular flexibility index (Phi) is 6.54. The summed E-state index contributed by atoms with van der Waals surface area (Å²) in [5.41, 5.74) is 3.52. The number of carbonyl (C=O) groups excluding carboxylic acids is 3. The van der Waals surface area contributed by atoms with Gasteiger partial charge in [-0.25, -0.2) is 0 Å². The van der Waals surface area contributed by atoms with Crippen LogP contribution in [0.15, 0.2) is 42.5 Å². The third-order valence-corrected chi connectivity index (χ3v) is 5.44. The summed E-state index contributed by atoms with van der Waals surface area (Å²) in [6, 6.07) is 13.1. The Labute approximate surface area is 175 Å². The van der Waals surface area contributed by atoms with E-state index in [9.17, 15) is 14.4 Å². The van der Waals surface area contributed by atoms with Crippen LogP contribution in [0, 0.1) is 19.8 Å². The second kappa shape index (κ2) is 9.09. The average Bonchev–Trinajstić information content (AvgIpc) is 3.05. The molecule has 0 aromatic heterocycles. The van der Waals surface area contributed by atoms with Crippen molar-refractivity contribution in [2.45, 2.75) is 26.8 Å². The summed E-state index contributed by atoms with van der Waals surface area (Å²) >= 11 is 6.16. The summed E-state index contributed by atoms with van der Waals surface area (Å²) in [7, 11) is 0. The number of benzene rings is 2. The zero-order chi connectivity index (χ0) is 21.0. The van der Waals surface area contributed by atoms with Crippen molar-refractivity contribution in [1.82, 2.24) is 10.2 Å². The highest BCUT2D eigenvalue weighted by Gasteiger charge is 2.34. The number of aryl methyl sites for hydroxylation is 2. The number of hydrogen-bond acceptors (Lipinski definition) is 3. The minimum atomic E-state index is -0.474. The number of nitrogens with zero attached hydrogens (tertiary/aromatic N) is 1. The quantitative estimate of drug-likeness (QED) is 0.763. The molecule has 1 aliphatic rings. The van der Waals surface area contributed by atoms with Gasteiger partial charge >= 0.3 is 0 Å². The van der Waals surface area contributed by atoms with E-state index in [1.165, 1.54) is 0 Å². The van der Waals surface area contributed by atoms with E-state index in [1.54, 1.807) is 11.0 Å². The summed E-state index contributed by atoms with van der Waals surface area (Å²) in [6.45, 7) is 4.38. The molecular weight excluding hydrogens is 390 g/mol. The number of hydrogen-bond donors (Lipinski definition) is 2. The van der Waals surface area contributed by atoms with Crippen molar-refractivity contribution in [2.24, 2.45) is 5.92 Å². The molecule has 0 radical (unpaired) electrons. The molecule has 1 heterocycles. The van der Waals surface area contributed by atoms with Gasteiger partial charge in [0.15, 0.2) is 0 Å². The smallest absolute Gasteiger partial charge is 0.243 e. The van der Waals surface area contributed by atoms with E-state index in [0.717, 1.165) is 22.4 Å². The first-order chi connectivity index (χ1) is 13.8. The molecule has 152 valence electrons. The van der Waals surface area contributed by atoms with Crippen molar-refractivity contribution in [3.63, 3.8) is 0 Å². The number of halogens is 1. The molecule has 0 spiro atoms. The third-order valence-electron chi connectivity index (χ3n) is 5.07. The summed E-state index contributed by atoms with van der Waals surface area (Å²) < 4.78 is 0. The Morgan fingerprint density at radius 1 is 1.10 bits per heavy atom. The van der Waals surface area contributed by atoms with Gasteiger partial charge in [-0.05, 0) is 36.6 Å². The van der Waals surface area contributed by atoms with Crippen LogP contribution in [0.3, 0.4) is 0 Å². The van der Waals surface area contributed by atoms with Crippen molar-refractivity contribution in [1.29, 1.82) is 0 Å². The Bertz CT molecular complexity index is 924. The van der Waals surface area contributed by atoms with Crippen LogP contribution in [0.4, 0.5) is 5.69 Å². The standard InChI is InChI=1S/C22H24ClN3O3/c1-14-6-5-7-15(2)21(14)25-19(27)11-24-22(29)17-10-20(28)26(13-17)12-16-8-3-4-9-18(16)23/h3-9,17H,10-13H2,1-2H3,(H,24,29)(H,25,27)/t17-/m1/s1. The first-order valence-electron chi connectivity index (χ1n) is 9.50. The maximum atomic E-state index is 12.5. The molecule has 0 saturated carbocycles. The number of carbonyl (C=O) groups is 3. The third kappa shape index (κ3) is 5.15. The first-order valence-corrected chi connectivity index (χ1v) is 9.88. The number of anilines is 1. The van der Waals surface area contributed by atoms with Gasteiger partial charge in [-0.2, -0.15) is 0 Å². The van der Waals surface area contributed by atoms with Crippen LogP contribution in [-0.2, 0) is 20.9 Å². The van der Waals surface area contributed by atoms with E-state index in [4.69, 9.17) is 11.6 Å². The minimum absolute atomic E-state index is 0.0925. The lowest BCUT2D eigenvalue weighted by molar-refractivity contribution is -0.129. The molecule has 3 amide bonds. The van der Waals surface area contributed by atoms with E-state index in [1.807, 2.05) is 50.2 Å². The van der Waals surface area contributed by atoms with E-state index >= 15 is 0 Å². The van der Waals surface area contributed by atoms with Crippen LogP contribution in [0.5, 0.6) is 0 Å². The minimum Gasteiger partial charge on any atom is -0.347 e. The summed E-state index contributed by atoms with van der Waals surface area (Å²) in [6.07, 6.45) is 0.134. The van der Waals surface area contributed by atoms with E-state index in [0.29, 0.717) is 18.1 Å². The molecule has 0 unspecified atom stereocenters. The normalized spacial score (nSPS) is 16.0. The highest BCUT2D eigenvalue weighted by Crippen LogP contribution is 2.24. The molecule has 1 aliphatic heterocycles. The lowest BCUT2D eigenvalue weighted by Crippen LogP contribution is -2.38. The molecule has 7 heteroatoms. The number of nitrogens with one attached hydrogen (secondary N) is 2. The van der Waals surface area contributed by atoms with Crippen molar-refractivity contribution < 1.29 is 14.4 Å². The lowest BCUT2D eigenvalue weighted by atomic mass is 10.1. The highest BCUT2D eigenvalue weighted by atomic mass is 35.5. The maximum Gasteiger partial charge on any atom is 0.243 e. The predicted molar refractivity (Wildman–Crippen MR) is 113 cm³/mol. The Morgan fingerprint density at radius 3 is 2.48 bits per heavy atom. The van der Waals surface area contributed by atoms with Crippen molar-refractivity contribution >= 4 is 35.0 Å². The molecule has 1 saturated heterocycles. The van der Waals surface area contributed by atoms with Crippen LogP contribution >= 0.6 is 11.6 Å². The van der Waals surface area contributed by atoms with Gasteiger partial charge in [0, 0.05) is 30.2 Å². The fraction of sp³-hybridized carbons (Fsp3) is 0.318. The molecule has 2 aromatic carbocycles. The Hall–Kier alpha value is -2.86. The van der Waals surface area contributed by atoms with Crippen molar-refractivity contribution in [2.75, 3.05) is 18.4 Å². The van der Waals surface area contributed by atoms with Gasteiger partial charge in [0.1, 0.15) is 0 Å². The number of rotatable bonds is 6. The largest absolute Gasteiger partial charge is 0.347 e. The number of amides is 3. The molecule has 1 fully saturated rings. The first kappa shape index (κ1) is 20.9. The molecule has 0 aliphatic carbocycles. The average molecular weight is 414 g/mol. The molecule has 1 atom stereocenters. The van der Waals surface area contributed by atoms with Gasteiger partial charge in [0.05, 0.1) is 12.5 Å². The van der Waals surface area contributed by atoms with Crippen molar-refractivity contribution in [3.05, 3.63) is 64.2 Å². The summed E-state index contributed by atoms with van der Waals surface area (Å²) in [5.74, 6) is -1.16. The van der Waals surface area contributed by atoms with Crippen LogP contribution < -0.4 is 10.6 Å². The van der Waals surface area contributed by atoms with Crippen LogP contribution in [0.2, 0.25) is 5.02 Å². The topological polar surface area (TPSA) is 78.5 Å². The van der Waals surface area contributed by atoms with Gasteiger partial charge in [0.25, 0.3) is 0 Å². The van der Waals surface area contributed by atoms with E-state index in [-0.39, 0.29) is 30.7 Å². The zero-order valence-electron chi connectivity index (χ0n) is 16.5. The van der Waals surface area contributed by atoms with E-state index in [2.05, 4.69) is 10.6 Å². The van der Waals surface area contributed by atoms with Gasteiger partial charge < -0.3 is 15.5 Å². The molecule has 6 nitrogen and oxygen atoms in total. The SMILES string of the molecule is Cc1cccc(C)c1NC(=O)CNC(=O)[C@@H]1CC(=O)N(Cc2ccccc2Cl)C1. The number of likely N-dealkylation sites (tertiary alicyclic amines) is 1. The van der Waals surface area contributed by atoms with Crippen LogP contribution in [0.25, 0.3) is 0 Å². The molecule has 2 aromatic rings. The van der Waals surface area contributed by atoms with Gasteiger partial charge in [-0.3, -0.25) is 14.4 Å². The maximum absolute atomic E-state index is 12.5. The van der Waals surface area contributed by atoms with Crippen LogP contribution in [-0.4, -0.2) is 35.7 Å². The summed E-state index contributed by atoms with van der Waals surface area (Å²) in [5, 5.41) is 6.07. The molecular formula is C22H24ClN3O3. The molecule has 3 rings (SSSR count). The second-order valence-corrected chi connectivity index (χ2v) is 7.71. The zero-order valence-corrected chi connectivity index (χ0v) is 17.3. The highest BCUT2D eigenvalue weighted by molar-refractivity contribution is 6.31. The fourth-order valence-corrected chi connectivity index (χ4v) is 3.64. The Balaban J connectivity index is 1.51. The Morgan fingerprint density at radius 2 is 1.79 bits per heavy atom. The second-order valence-electron chi connectivity index (χ2n) is 7.30. The monoisotopic (exact) mass is 413 g/mol. The molecule has 2 N–H and O–H groups in total. The predicted octanol–water partition coefficient (Wildman–Crippen LogP) is 3.06. The molecule has 0 bridgehead atoms. The fourth-order valence-electron chi connectivity index (χ4n) is 3.44. The van der Waals surface area contributed by atoms with Crippen LogP contribution in [0.1, 0.15) is 23.1 Å². The number of para-hydroxylation sites is 1.